The van der Waals surface area contributed by atoms with Crippen LogP contribution in [0.5, 0.6) is 5.75 Å². The summed E-state index contributed by atoms with van der Waals surface area (Å²) < 4.78 is 5.16. The van der Waals surface area contributed by atoms with Gasteiger partial charge >= 0.3 is 0 Å². The van der Waals surface area contributed by atoms with Crippen molar-refractivity contribution in [3.63, 3.8) is 0 Å². The van der Waals surface area contributed by atoms with Gasteiger partial charge in [-0.15, -0.1) is 11.3 Å². The van der Waals surface area contributed by atoms with E-state index in [4.69, 9.17) is 10.5 Å². The average Bonchev–Trinajstić information content (AvgIpc) is 2.77. The van der Waals surface area contributed by atoms with E-state index in [-0.39, 0.29) is 11.9 Å². The predicted octanol–water partition coefficient (Wildman–Crippen LogP) is 1.32. The van der Waals surface area contributed by atoms with Crippen LogP contribution in [0, 0.1) is 0 Å². The van der Waals surface area contributed by atoms with Crippen LogP contribution in [0.3, 0.4) is 0 Å². The maximum atomic E-state index is 12.2. The largest absolute Gasteiger partial charge is 0.495 e. The van der Waals surface area contributed by atoms with Crippen LogP contribution < -0.4 is 10.5 Å². The molecule has 2 rings (SSSR count). The van der Waals surface area contributed by atoms with Crippen LogP contribution in [0.25, 0.3) is 0 Å². The predicted molar refractivity (Wildman–Crippen MR) is 64.0 cm³/mol. The molecule has 0 aromatic carbocycles. The quantitative estimate of drug-likeness (QED) is 0.848. The van der Waals surface area contributed by atoms with Gasteiger partial charge in [0.1, 0.15) is 10.6 Å². The summed E-state index contributed by atoms with van der Waals surface area (Å²) >= 11 is 1.43. The van der Waals surface area contributed by atoms with Crippen molar-refractivity contribution >= 4 is 17.2 Å². The fourth-order valence-corrected chi connectivity index (χ4v) is 2.69. The minimum atomic E-state index is 0.0683. The van der Waals surface area contributed by atoms with Gasteiger partial charge in [0.25, 0.3) is 5.91 Å². The molecule has 1 aliphatic heterocycles. The molecule has 1 amide bonds. The number of hydrogen-bond donors (Lipinski definition) is 1. The van der Waals surface area contributed by atoms with E-state index in [2.05, 4.69) is 0 Å². The third-order valence-corrected chi connectivity index (χ3v) is 3.75. The molecule has 0 atom stereocenters. The van der Waals surface area contributed by atoms with E-state index in [1.807, 2.05) is 16.3 Å². The molecule has 2 heterocycles. The molecule has 88 valence electrons. The third-order valence-electron chi connectivity index (χ3n) is 2.87. The topological polar surface area (TPSA) is 55.6 Å². The summed E-state index contributed by atoms with van der Waals surface area (Å²) in [5.41, 5.74) is 5.81. The second-order valence-corrected chi connectivity index (χ2v) is 4.86. The molecular formula is C11H16N2O2S. The zero-order valence-corrected chi connectivity index (χ0v) is 10.1. The van der Waals surface area contributed by atoms with Crippen molar-refractivity contribution in [2.45, 2.75) is 18.9 Å². The molecule has 1 aliphatic rings. The van der Waals surface area contributed by atoms with Crippen molar-refractivity contribution in [3.05, 3.63) is 16.3 Å². The van der Waals surface area contributed by atoms with Crippen LogP contribution in [0.4, 0.5) is 0 Å². The minimum Gasteiger partial charge on any atom is -0.495 e. The molecule has 0 spiro atoms. The van der Waals surface area contributed by atoms with Gasteiger partial charge in [-0.2, -0.15) is 0 Å². The number of carbonyl (C=O) groups is 1. The minimum absolute atomic E-state index is 0.0683. The number of nitrogens with two attached hydrogens (primary N) is 1. The number of rotatable bonds is 2. The zero-order chi connectivity index (χ0) is 11.5. The lowest BCUT2D eigenvalue weighted by Crippen LogP contribution is -2.42. The van der Waals surface area contributed by atoms with Gasteiger partial charge in [0.05, 0.1) is 7.11 Å². The van der Waals surface area contributed by atoms with Gasteiger partial charge in [-0.05, 0) is 24.3 Å². The number of thiophene rings is 1. The van der Waals surface area contributed by atoms with E-state index in [1.54, 1.807) is 7.11 Å². The van der Waals surface area contributed by atoms with Crippen molar-refractivity contribution in [1.29, 1.82) is 0 Å². The maximum Gasteiger partial charge on any atom is 0.267 e. The fourth-order valence-electron chi connectivity index (χ4n) is 1.86. The Morgan fingerprint density at radius 2 is 2.25 bits per heavy atom. The summed E-state index contributed by atoms with van der Waals surface area (Å²) in [6.45, 7) is 1.50. The standard InChI is InChI=1S/C11H16N2O2S/c1-15-9-4-7-16-10(9)11(14)13-5-2-8(12)3-6-13/h4,7-8H,2-3,5-6,12H2,1H3. The highest BCUT2D eigenvalue weighted by atomic mass is 32.1. The SMILES string of the molecule is COc1ccsc1C(=O)N1CCC(N)CC1. The number of nitrogens with zero attached hydrogens (tertiary/aromatic N) is 1. The van der Waals surface area contributed by atoms with Crippen LogP contribution in [0.1, 0.15) is 22.5 Å². The lowest BCUT2D eigenvalue weighted by atomic mass is 10.1. The van der Waals surface area contributed by atoms with Crippen LogP contribution in [-0.4, -0.2) is 37.0 Å². The summed E-state index contributed by atoms with van der Waals surface area (Å²) in [7, 11) is 1.59. The molecule has 4 nitrogen and oxygen atoms in total. The smallest absolute Gasteiger partial charge is 0.267 e. The first kappa shape index (κ1) is 11.4. The van der Waals surface area contributed by atoms with E-state index in [9.17, 15) is 4.79 Å². The highest BCUT2D eigenvalue weighted by Crippen LogP contribution is 2.26. The van der Waals surface area contributed by atoms with Gasteiger partial charge in [-0.1, -0.05) is 0 Å². The molecule has 0 aliphatic carbocycles. The lowest BCUT2D eigenvalue weighted by molar-refractivity contribution is 0.0716. The lowest BCUT2D eigenvalue weighted by Gasteiger charge is -2.29. The molecule has 0 bridgehead atoms. The second-order valence-electron chi connectivity index (χ2n) is 3.95. The number of hydrogen-bond acceptors (Lipinski definition) is 4. The summed E-state index contributed by atoms with van der Waals surface area (Å²) in [5, 5.41) is 1.88. The van der Waals surface area contributed by atoms with Gasteiger partial charge in [0, 0.05) is 19.1 Å². The van der Waals surface area contributed by atoms with E-state index >= 15 is 0 Å². The number of likely N-dealkylation sites (tertiary alicyclic amines) is 1. The number of methoxy groups -OCH3 is 1. The van der Waals surface area contributed by atoms with Gasteiger partial charge in [0.2, 0.25) is 0 Å². The van der Waals surface area contributed by atoms with E-state index in [0.29, 0.717) is 10.6 Å². The van der Waals surface area contributed by atoms with Crippen LogP contribution in [-0.2, 0) is 0 Å². The molecule has 1 aromatic rings. The summed E-state index contributed by atoms with van der Waals surface area (Å²) in [6.07, 6.45) is 1.78. The Kier molecular flexibility index (Phi) is 3.46. The average molecular weight is 240 g/mol. The fraction of sp³-hybridized carbons (Fsp3) is 0.545. The molecule has 5 heteroatoms. The monoisotopic (exact) mass is 240 g/mol. The molecule has 1 aromatic heterocycles. The van der Waals surface area contributed by atoms with E-state index < -0.39 is 0 Å². The van der Waals surface area contributed by atoms with Gasteiger partial charge < -0.3 is 15.4 Å². The first-order valence-corrected chi connectivity index (χ1v) is 6.26. The summed E-state index contributed by atoms with van der Waals surface area (Å²) in [4.78, 5) is 14.7. The number of carbonyl (C=O) groups excluding carboxylic acids is 1. The highest BCUT2D eigenvalue weighted by Gasteiger charge is 2.24. The molecule has 1 fully saturated rings. The van der Waals surface area contributed by atoms with Crippen molar-refractivity contribution in [1.82, 2.24) is 4.90 Å². The Hall–Kier alpha value is -1.07. The second kappa shape index (κ2) is 4.84. The van der Waals surface area contributed by atoms with E-state index in [1.165, 1.54) is 11.3 Å². The normalized spacial score (nSPS) is 17.5. The number of amides is 1. The first-order chi connectivity index (χ1) is 7.72. The molecule has 0 unspecified atom stereocenters. The van der Waals surface area contributed by atoms with E-state index in [0.717, 1.165) is 25.9 Å². The summed E-state index contributed by atoms with van der Waals surface area (Å²) in [5.74, 6) is 0.739. The molecule has 0 saturated carbocycles. The van der Waals surface area contributed by atoms with Gasteiger partial charge in [0.15, 0.2) is 0 Å². The molecule has 2 N–H and O–H groups in total. The molecule has 16 heavy (non-hydrogen) atoms. The first-order valence-electron chi connectivity index (χ1n) is 5.38. The van der Waals surface area contributed by atoms with Gasteiger partial charge in [-0.25, -0.2) is 0 Å². The summed E-state index contributed by atoms with van der Waals surface area (Å²) in [6, 6.07) is 2.07. The van der Waals surface area contributed by atoms with Crippen LogP contribution in [0.15, 0.2) is 11.4 Å². The Morgan fingerprint density at radius 1 is 1.56 bits per heavy atom. The van der Waals surface area contributed by atoms with Gasteiger partial charge in [-0.3, -0.25) is 4.79 Å². The van der Waals surface area contributed by atoms with Crippen molar-refractivity contribution in [3.8, 4) is 5.75 Å². The molecular weight excluding hydrogens is 224 g/mol. The third kappa shape index (κ3) is 2.20. The maximum absolute atomic E-state index is 12.2. The van der Waals surface area contributed by atoms with Crippen LogP contribution >= 0.6 is 11.3 Å². The van der Waals surface area contributed by atoms with Crippen molar-refractivity contribution < 1.29 is 9.53 Å². The zero-order valence-electron chi connectivity index (χ0n) is 9.31. The Balaban J connectivity index is 2.07. The van der Waals surface area contributed by atoms with Crippen LogP contribution in [0.2, 0.25) is 0 Å². The Morgan fingerprint density at radius 3 is 2.88 bits per heavy atom. The number of ether oxygens (including phenoxy) is 1. The van der Waals surface area contributed by atoms with Crippen molar-refractivity contribution in [2.24, 2.45) is 5.73 Å². The Bertz CT molecular complexity index is 370. The molecule has 1 saturated heterocycles. The molecule has 0 radical (unpaired) electrons. The van der Waals surface area contributed by atoms with Crippen molar-refractivity contribution in [2.75, 3.05) is 20.2 Å². The Labute approximate surface area is 99.0 Å². The number of piperidine rings is 1. The highest BCUT2D eigenvalue weighted by molar-refractivity contribution is 7.12.